The second kappa shape index (κ2) is 4.39. The molecule has 3 N–H and O–H groups in total. The van der Waals surface area contributed by atoms with Gasteiger partial charge in [-0.1, -0.05) is 11.6 Å². The molecular weight excluding hydrogens is 207 g/mol. The van der Waals surface area contributed by atoms with E-state index in [9.17, 15) is 9.18 Å². The Kier molecular flexibility index (Phi) is 3.43. The third-order valence-corrected chi connectivity index (χ3v) is 1.91. The molecule has 0 fully saturated rings. The average Bonchev–Trinajstić information content (AvgIpc) is 2.11. The molecule has 1 rings (SSSR count). The molecule has 0 heterocycles. The van der Waals surface area contributed by atoms with Gasteiger partial charge in [-0.15, -0.1) is 0 Å². The van der Waals surface area contributed by atoms with Crippen LogP contribution in [0.3, 0.4) is 0 Å². The molecule has 76 valence electrons. The Hall–Kier alpha value is -1.13. The van der Waals surface area contributed by atoms with Crippen LogP contribution in [0.5, 0.6) is 0 Å². The van der Waals surface area contributed by atoms with E-state index in [1.807, 2.05) is 0 Å². The van der Waals surface area contributed by atoms with Gasteiger partial charge in [-0.3, -0.25) is 4.79 Å². The number of hydrogen-bond donors (Lipinski definition) is 2. The van der Waals surface area contributed by atoms with E-state index in [0.29, 0.717) is 5.69 Å². The fraction of sp³-hybridized carbons (Fsp3) is 0.222. The number of carbonyl (C=O) groups excluding carboxylic acids is 1. The number of carbonyl (C=O) groups is 1. The van der Waals surface area contributed by atoms with Crippen molar-refractivity contribution in [2.45, 2.75) is 13.0 Å². The highest BCUT2D eigenvalue weighted by molar-refractivity contribution is 6.30. The maximum absolute atomic E-state index is 12.9. The van der Waals surface area contributed by atoms with Gasteiger partial charge in [-0.2, -0.15) is 0 Å². The molecule has 1 amide bonds. The summed E-state index contributed by atoms with van der Waals surface area (Å²) in [7, 11) is 0. The lowest BCUT2D eigenvalue weighted by atomic mass is 10.3. The van der Waals surface area contributed by atoms with Gasteiger partial charge in [0, 0.05) is 5.69 Å². The second-order valence-corrected chi connectivity index (χ2v) is 3.31. The Labute approximate surface area is 86.0 Å². The maximum Gasteiger partial charge on any atom is 0.241 e. The number of nitrogens with one attached hydrogen (secondary N) is 1. The molecule has 1 atom stereocenters. The molecule has 0 spiro atoms. The summed E-state index contributed by atoms with van der Waals surface area (Å²) in [5, 5.41) is 2.46. The van der Waals surface area contributed by atoms with E-state index in [0.717, 1.165) is 6.07 Å². The summed E-state index contributed by atoms with van der Waals surface area (Å²) in [4.78, 5) is 11.1. The first-order valence-electron chi connectivity index (χ1n) is 4.02. The van der Waals surface area contributed by atoms with Crippen molar-refractivity contribution in [3.8, 4) is 0 Å². The normalized spacial score (nSPS) is 12.3. The van der Waals surface area contributed by atoms with E-state index in [4.69, 9.17) is 17.3 Å². The van der Waals surface area contributed by atoms with Crippen molar-refractivity contribution in [2.75, 3.05) is 5.32 Å². The monoisotopic (exact) mass is 216 g/mol. The Morgan fingerprint density at radius 2 is 2.29 bits per heavy atom. The fourth-order valence-corrected chi connectivity index (χ4v) is 0.948. The molecule has 1 aromatic rings. The molecule has 0 saturated heterocycles. The molecule has 3 nitrogen and oxygen atoms in total. The maximum atomic E-state index is 12.9. The van der Waals surface area contributed by atoms with Crippen LogP contribution in [0.1, 0.15) is 6.92 Å². The Bertz CT molecular complexity index is 355. The van der Waals surface area contributed by atoms with Crippen LogP contribution in [0.4, 0.5) is 10.1 Å². The lowest BCUT2D eigenvalue weighted by molar-refractivity contribution is -0.117. The van der Waals surface area contributed by atoms with Crippen molar-refractivity contribution in [2.24, 2.45) is 5.73 Å². The number of rotatable bonds is 2. The molecule has 0 aromatic heterocycles. The van der Waals surface area contributed by atoms with E-state index in [2.05, 4.69) is 5.32 Å². The molecule has 0 aliphatic rings. The second-order valence-electron chi connectivity index (χ2n) is 2.91. The zero-order valence-corrected chi connectivity index (χ0v) is 8.31. The van der Waals surface area contributed by atoms with Crippen LogP contribution in [0, 0.1) is 5.82 Å². The Balaban J connectivity index is 2.78. The molecule has 5 heteroatoms. The van der Waals surface area contributed by atoms with Gasteiger partial charge in [0.1, 0.15) is 5.82 Å². The van der Waals surface area contributed by atoms with Gasteiger partial charge in [0.05, 0.1) is 11.1 Å². The number of amides is 1. The van der Waals surface area contributed by atoms with Gasteiger partial charge >= 0.3 is 0 Å². The first-order valence-corrected chi connectivity index (χ1v) is 4.40. The number of nitrogens with two attached hydrogens (primary N) is 1. The van der Waals surface area contributed by atoms with Crippen molar-refractivity contribution in [1.82, 2.24) is 0 Å². The Morgan fingerprint density at radius 3 is 2.79 bits per heavy atom. The minimum Gasteiger partial charge on any atom is -0.325 e. The van der Waals surface area contributed by atoms with Crippen LogP contribution >= 0.6 is 11.6 Å². The van der Waals surface area contributed by atoms with Crippen molar-refractivity contribution >= 4 is 23.2 Å². The molecule has 0 aliphatic heterocycles. The lowest BCUT2D eigenvalue weighted by Crippen LogP contribution is -2.32. The molecular formula is C9H10ClFN2O. The van der Waals surface area contributed by atoms with Crippen LogP contribution < -0.4 is 11.1 Å². The summed E-state index contributed by atoms with van der Waals surface area (Å²) in [6, 6.07) is 3.39. The van der Waals surface area contributed by atoms with Crippen molar-refractivity contribution in [3.05, 3.63) is 29.0 Å². The number of halogens is 2. The van der Waals surface area contributed by atoms with Crippen molar-refractivity contribution < 1.29 is 9.18 Å². The molecule has 0 saturated carbocycles. The predicted octanol–water partition coefficient (Wildman–Crippen LogP) is 1.76. The van der Waals surface area contributed by atoms with Gasteiger partial charge in [-0.05, 0) is 25.1 Å². The number of hydrogen-bond acceptors (Lipinski definition) is 2. The van der Waals surface area contributed by atoms with Crippen LogP contribution in [-0.4, -0.2) is 11.9 Å². The SMILES string of the molecule is CC(N)C(=O)Nc1ccc(Cl)c(F)c1. The van der Waals surface area contributed by atoms with Gasteiger partial charge < -0.3 is 11.1 Å². The lowest BCUT2D eigenvalue weighted by Gasteiger charge is -2.07. The van der Waals surface area contributed by atoms with Crippen LogP contribution in [0.2, 0.25) is 5.02 Å². The van der Waals surface area contributed by atoms with Crippen molar-refractivity contribution in [3.63, 3.8) is 0 Å². The average molecular weight is 217 g/mol. The molecule has 1 unspecified atom stereocenters. The first kappa shape index (κ1) is 10.9. The van der Waals surface area contributed by atoms with Gasteiger partial charge in [0.15, 0.2) is 0 Å². The van der Waals surface area contributed by atoms with Gasteiger partial charge in [0.2, 0.25) is 5.91 Å². The molecule has 0 bridgehead atoms. The topological polar surface area (TPSA) is 55.1 Å². The van der Waals surface area contributed by atoms with Gasteiger partial charge in [-0.25, -0.2) is 4.39 Å². The summed E-state index contributed by atoms with van der Waals surface area (Å²) in [5.74, 6) is -0.944. The summed E-state index contributed by atoms with van der Waals surface area (Å²) in [6.07, 6.45) is 0. The van der Waals surface area contributed by atoms with E-state index in [-0.39, 0.29) is 10.9 Å². The largest absolute Gasteiger partial charge is 0.325 e. The summed E-state index contributed by atoms with van der Waals surface area (Å²) >= 11 is 5.47. The van der Waals surface area contributed by atoms with Crippen molar-refractivity contribution in [1.29, 1.82) is 0 Å². The number of benzene rings is 1. The molecule has 0 radical (unpaired) electrons. The zero-order valence-electron chi connectivity index (χ0n) is 7.55. The predicted molar refractivity (Wildman–Crippen MR) is 53.7 cm³/mol. The van der Waals surface area contributed by atoms with Gasteiger partial charge in [0.25, 0.3) is 0 Å². The van der Waals surface area contributed by atoms with Crippen LogP contribution in [0.15, 0.2) is 18.2 Å². The number of anilines is 1. The third-order valence-electron chi connectivity index (χ3n) is 1.60. The highest BCUT2D eigenvalue weighted by Crippen LogP contribution is 2.18. The standard InChI is InChI=1S/C9H10ClFN2O/c1-5(12)9(14)13-6-2-3-7(10)8(11)4-6/h2-5H,12H2,1H3,(H,13,14). The van der Waals surface area contributed by atoms with E-state index < -0.39 is 11.9 Å². The Morgan fingerprint density at radius 1 is 1.64 bits per heavy atom. The fourth-order valence-electron chi connectivity index (χ4n) is 0.830. The van der Waals surface area contributed by atoms with E-state index in [1.165, 1.54) is 12.1 Å². The van der Waals surface area contributed by atoms with E-state index >= 15 is 0 Å². The minimum absolute atomic E-state index is 0.0174. The molecule has 1 aromatic carbocycles. The first-order chi connectivity index (χ1) is 6.50. The summed E-state index contributed by atoms with van der Waals surface area (Å²) < 4.78 is 12.9. The molecule has 0 aliphatic carbocycles. The van der Waals surface area contributed by atoms with Crippen LogP contribution in [-0.2, 0) is 4.79 Å². The summed E-state index contributed by atoms with van der Waals surface area (Å²) in [6.45, 7) is 1.54. The molecule has 14 heavy (non-hydrogen) atoms. The quantitative estimate of drug-likeness (QED) is 0.792. The highest BCUT2D eigenvalue weighted by Gasteiger charge is 2.08. The van der Waals surface area contributed by atoms with E-state index in [1.54, 1.807) is 6.92 Å². The minimum atomic E-state index is -0.631. The summed E-state index contributed by atoms with van der Waals surface area (Å²) in [5.41, 5.74) is 5.66. The zero-order chi connectivity index (χ0) is 10.7. The van der Waals surface area contributed by atoms with Crippen LogP contribution in [0.25, 0.3) is 0 Å². The smallest absolute Gasteiger partial charge is 0.241 e. The third kappa shape index (κ3) is 2.68. The highest BCUT2D eigenvalue weighted by atomic mass is 35.5.